The Morgan fingerprint density at radius 1 is 1.17 bits per heavy atom. The van der Waals surface area contributed by atoms with Crippen LogP contribution in [0.25, 0.3) is 11.0 Å². The van der Waals surface area contributed by atoms with Gasteiger partial charge in [-0.2, -0.15) is 18.7 Å². The van der Waals surface area contributed by atoms with Crippen molar-refractivity contribution in [2.24, 2.45) is 11.8 Å². The highest BCUT2D eigenvalue weighted by Crippen LogP contribution is 2.29. The fraction of sp³-hybridized carbons (Fsp3) is 0.474. The number of rotatable bonds is 6. The van der Waals surface area contributed by atoms with E-state index < -0.39 is 12.1 Å². The Kier molecular flexibility index (Phi) is 6.69. The molecule has 2 N–H and O–H groups in total. The summed E-state index contributed by atoms with van der Waals surface area (Å²) in [6.07, 6.45) is -2.49. The number of nitrogens with one attached hydrogen (secondary N) is 2. The maximum atomic E-state index is 12.4. The molecular weight excluding hydrogens is 413 g/mol. The van der Waals surface area contributed by atoms with Crippen molar-refractivity contribution in [1.29, 1.82) is 0 Å². The minimum Gasteiger partial charge on any atom is -0.459 e. The number of hydrogen-bond acceptors (Lipinski definition) is 5. The normalized spacial score (nSPS) is 19.9. The zero-order valence-corrected chi connectivity index (χ0v) is 16.1. The molecule has 3 rings (SSSR count). The van der Waals surface area contributed by atoms with E-state index in [2.05, 4.69) is 15.6 Å². The van der Waals surface area contributed by atoms with Crippen LogP contribution in [-0.4, -0.2) is 24.6 Å². The molecule has 1 aliphatic carbocycles. The van der Waals surface area contributed by atoms with Gasteiger partial charge in [0.1, 0.15) is 11.3 Å². The van der Waals surface area contributed by atoms with Crippen molar-refractivity contribution < 1.29 is 32.0 Å². The van der Waals surface area contributed by atoms with Gasteiger partial charge >= 0.3 is 12.1 Å². The van der Waals surface area contributed by atoms with E-state index in [-0.39, 0.29) is 30.8 Å². The van der Waals surface area contributed by atoms with Gasteiger partial charge in [0.15, 0.2) is 0 Å². The highest BCUT2D eigenvalue weighted by Gasteiger charge is 2.41. The number of furan rings is 1. The summed E-state index contributed by atoms with van der Waals surface area (Å²) in [5.41, 5.74) is 2.77. The average Bonchev–Trinajstić information content (AvgIpc) is 3.07. The van der Waals surface area contributed by atoms with E-state index in [4.69, 9.17) is 16.0 Å². The third-order valence-corrected chi connectivity index (χ3v) is 5.19. The maximum absolute atomic E-state index is 12.4. The standard InChI is InChI=1S/C19H20ClF3N2O4/c20-14-5-6-16-13(7-14)8-15(28-16)10-24-17(26)12-3-1-11(2-4-12)9-25-29-18(27)19(21,22)23/h5-8,11-12,25H,1-4,9-10H2,(H,24,26)/t11-,12-. The van der Waals surface area contributed by atoms with Crippen molar-refractivity contribution in [3.8, 4) is 0 Å². The molecule has 1 aromatic carbocycles. The van der Waals surface area contributed by atoms with Crippen molar-refractivity contribution in [2.75, 3.05) is 6.54 Å². The number of benzene rings is 1. The zero-order valence-electron chi connectivity index (χ0n) is 15.4. The Hall–Kier alpha value is -2.26. The first-order chi connectivity index (χ1) is 13.7. The SMILES string of the molecule is O=C(ONC[C@H]1CC[C@H](C(=O)NCc2cc3cc(Cl)ccc3o2)CC1)C(F)(F)F. The molecule has 0 aliphatic heterocycles. The fourth-order valence-electron chi connectivity index (χ4n) is 3.39. The Bertz CT molecular complexity index is 876. The van der Waals surface area contributed by atoms with E-state index in [9.17, 15) is 22.8 Å². The monoisotopic (exact) mass is 432 g/mol. The molecule has 0 radical (unpaired) electrons. The van der Waals surface area contributed by atoms with Gasteiger partial charge in [0.25, 0.3) is 0 Å². The molecular formula is C19H20ClF3N2O4. The van der Waals surface area contributed by atoms with Crippen LogP contribution in [0, 0.1) is 11.8 Å². The third kappa shape index (κ3) is 5.86. The molecule has 1 amide bonds. The third-order valence-electron chi connectivity index (χ3n) is 4.95. The first kappa shape index (κ1) is 21.4. The first-order valence-electron chi connectivity index (χ1n) is 9.19. The number of carbonyl (C=O) groups is 2. The predicted molar refractivity (Wildman–Crippen MR) is 98.7 cm³/mol. The smallest absolute Gasteiger partial charge is 0.459 e. The summed E-state index contributed by atoms with van der Waals surface area (Å²) in [4.78, 5) is 27.0. The lowest BCUT2D eigenvalue weighted by Gasteiger charge is -2.27. The molecule has 0 spiro atoms. The Balaban J connectivity index is 1.39. The molecule has 0 saturated heterocycles. The van der Waals surface area contributed by atoms with Crippen molar-refractivity contribution in [3.63, 3.8) is 0 Å². The summed E-state index contributed by atoms with van der Waals surface area (Å²) in [7, 11) is 0. The number of hydroxylamine groups is 1. The van der Waals surface area contributed by atoms with Gasteiger partial charge in [-0.1, -0.05) is 11.6 Å². The molecule has 0 unspecified atom stereocenters. The van der Waals surface area contributed by atoms with E-state index in [1.807, 2.05) is 6.07 Å². The molecule has 10 heteroatoms. The molecule has 0 bridgehead atoms. The highest BCUT2D eigenvalue weighted by molar-refractivity contribution is 6.31. The first-order valence-corrected chi connectivity index (χ1v) is 9.56. The van der Waals surface area contributed by atoms with Gasteiger partial charge in [0.2, 0.25) is 5.91 Å². The van der Waals surface area contributed by atoms with E-state index in [1.54, 1.807) is 18.2 Å². The van der Waals surface area contributed by atoms with Gasteiger partial charge in [0, 0.05) is 22.9 Å². The Morgan fingerprint density at radius 3 is 2.59 bits per heavy atom. The summed E-state index contributed by atoms with van der Waals surface area (Å²) in [5, 5.41) is 4.33. The van der Waals surface area contributed by atoms with E-state index in [0.29, 0.717) is 42.0 Å². The number of alkyl halides is 3. The van der Waals surface area contributed by atoms with Gasteiger partial charge in [-0.3, -0.25) is 4.79 Å². The van der Waals surface area contributed by atoms with Crippen LogP contribution in [0.5, 0.6) is 0 Å². The van der Waals surface area contributed by atoms with E-state index in [1.165, 1.54) is 0 Å². The Morgan fingerprint density at radius 2 is 1.90 bits per heavy atom. The lowest BCUT2D eigenvalue weighted by molar-refractivity contribution is -0.207. The summed E-state index contributed by atoms with van der Waals surface area (Å²) in [6.45, 7) is 0.387. The van der Waals surface area contributed by atoms with Crippen molar-refractivity contribution in [1.82, 2.24) is 10.8 Å². The van der Waals surface area contributed by atoms with Crippen LogP contribution in [0.3, 0.4) is 0 Å². The van der Waals surface area contributed by atoms with Gasteiger partial charge in [-0.25, -0.2) is 4.79 Å². The summed E-state index contributed by atoms with van der Waals surface area (Å²) >= 11 is 5.95. The highest BCUT2D eigenvalue weighted by atomic mass is 35.5. The molecule has 0 atom stereocenters. The minimum atomic E-state index is -5.02. The minimum absolute atomic E-state index is 0.0419. The van der Waals surface area contributed by atoms with E-state index >= 15 is 0 Å². The molecule has 1 aliphatic rings. The van der Waals surface area contributed by atoms with Crippen LogP contribution >= 0.6 is 11.6 Å². The number of amides is 1. The van der Waals surface area contributed by atoms with Crippen LogP contribution in [0.4, 0.5) is 13.2 Å². The number of fused-ring (bicyclic) bond motifs is 1. The molecule has 1 fully saturated rings. The van der Waals surface area contributed by atoms with Gasteiger partial charge in [0.05, 0.1) is 6.54 Å². The largest absolute Gasteiger partial charge is 0.492 e. The maximum Gasteiger partial charge on any atom is 0.492 e. The van der Waals surface area contributed by atoms with Crippen LogP contribution < -0.4 is 10.8 Å². The van der Waals surface area contributed by atoms with Gasteiger partial charge in [-0.05, 0) is 55.9 Å². The summed E-state index contributed by atoms with van der Waals surface area (Å²) in [5.74, 6) is -1.85. The van der Waals surface area contributed by atoms with E-state index in [0.717, 1.165) is 5.39 Å². The quantitative estimate of drug-likeness (QED) is 0.671. The second-order valence-electron chi connectivity index (χ2n) is 7.07. The lowest BCUT2D eigenvalue weighted by Crippen LogP contribution is -2.36. The summed E-state index contributed by atoms with van der Waals surface area (Å²) in [6, 6.07) is 7.11. The number of hydrogen-bond donors (Lipinski definition) is 2. The molecule has 1 saturated carbocycles. The van der Waals surface area contributed by atoms with Crippen molar-refractivity contribution >= 4 is 34.4 Å². The molecule has 6 nitrogen and oxygen atoms in total. The predicted octanol–water partition coefficient (Wildman–Crippen LogP) is 4.12. The van der Waals surface area contributed by atoms with Crippen molar-refractivity contribution in [2.45, 2.75) is 38.4 Å². The molecule has 2 aromatic rings. The molecule has 1 aromatic heterocycles. The second-order valence-corrected chi connectivity index (χ2v) is 7.50. The van der Waals surface area contributed by atoms with Crippen LogP contribution in [0.2, 0.25) is 5.02 Å². The van der Waals surface area contributed by atoms with Gasteiger partial charge in [-0.15, -0.1) is 0 Å². The molecule has 158 valence electrons. The van der Waals surface area contributed by atoms with Crippen LogP contribution in [-0.2, 0) is 21.0 Å². The number of carbonyl (C=O) groups excluding carboxylic acids is 2. The zero-order chi connectivity index (χ0) is 21.0. The molecule has 1 heterocycles. The van der Waals surface area contributed by atoms with Crippen molar-refractivity contribution in [3.05, 3.63) is 35.0 Å². The average molecular weight is 433 g/mol. The lowest BCUT2D eigenvalue weighted by atomic mass is 9.81. The van der Waals surface area contributed by atoms with Gasteiger partial charge < -0.3 is 14.6 Å². The Labute approximate surface area is 169 Å². The number of halogens is 4. The van der Waals surface area contributed by atoms with Crippen LogP contribution in [0.15, 0.2) is 28.7 Å². The molecule has 29 heavy (non-hydrogen) atoms. The second kappa shape index (κ2) is 9.04. The fourth-order valence-corrected chi connectivity index (χ4v) is 3.57. The topological polar surface area (TPSA) is 80.6 Å². The van der Waals surface area contributed by atoms with Crippen LogP contribution in [0.1, 0.15) is 31.4 Å². The summed E-state index contributed by atoms with van der Waals surface area (Å²) < 4.78 is 41.8.